The summed E-state index contributed by atoms with van der Waals surface area (Å²) in [7, 11) is 1.53. The molecule has 4 amide bonds. The van der Waals surface area contributed by atoms with Gasteiger partial charge in [-0.25, -0.2) is 4.79 Å². The number of phenolic OH excluding ortho intramolecular Hbond substituents is 1. The minimum atomic E-state index is -1.41. The highest BCUT2D eigenvalue weighted by atomic mass is 16.6. The fraction of sp³-hybridized carbons (Fsp3) is 0.467. The predicted molar refractivity (Wildman–Crippen MR) is 155 cm³/mol. The number of rotatable bonds is 13. The van der Waals surface area contributed by atoms with Crippen molar-refractivity contribution in [3.8, 4) is 11.5 Å². The van der Waals surface area contributed by atoms with Crippen molar-refractivity contribution in [2.24, 2.45) is 5.73 Å². The Morgan fingerprint density at radius 1 is 1.05 bits per heavy atom. The lowest BCUT2D eigenvalue weighted by atomic mass is 9.98. The molecule has 5 N–H and O–H groups in total. The predicted octanol–water partition coefficient (Wildman–Crippen LogP) is 4.18. The summed E-state index contributed by atoms with van der Waals surface area (Å²) in [5.41, 5.74) is 5.72. The molecule has 0 saturated carbocycles. The number of hydrogen-bond acceptors (Lipinski definition) is 7. The lowest BCUT2D eigenvalue weighted by Crippen LogP contribution is -2.53. The van der Waals surface area contributed by atoms with Gasteiger partial charge in [-0.2, -0.15) is 0 Å². The second kappa shape index (κ2) is 14.9. The van der Waals surface area contributed by atoms with Gasteiger partial charge in [0.2, 0.25) is 11.8 Å². The molecular weight excluding hydrogens is 528 g/mol. The van der Waals surface area contributed by atoms with Crippen molar-refractivity contribution in [3.63, 3.8) is 0 Å². The maximum absolute atomic E-state index is 14.1. The first-order valence-corrected chi connectivity index (χ1v) is 13.6. The van der Waals surface area contributed by atoms with Crippen LogP contribution in [0, 0.1) is 6.92 Å². The molecule has 2 aromatic rings. The number of hydrogen-bond donors (Lipinski definition) is 4. The van der Waals surface area contributed by atoms with Gasteiger partial charge >= 0.3 is 6.09 Å². The number of amides is 4. The second-order valence-electron chi connectivity index (χ2n) is 10.7. The van der Waals surface area contributed by atoms with Gasteiger partial charge in [0.05, 0.1) is 13.5 Å². The molecular formula is C30H42N4O7. The number of ether oxygens (including phenoxy) is 2. The van der Waals surface area contributed by atoms with Crippen LogP contribution in [0.25, 0.3) is 0 Å². The van der Waals surface area contributed by atoms with Gasteiger partial charge in [-0.3, -0.25) is 14.4 Å². The van der Waals surface area contributed by atoms with Crippen molar-refractivity contribution in [2.45, 2.75) is 78.0 Å². The SMILES string of the molecule is CCCCCN(C(=O)C(CC(N)=O)NC(=O)OC(C)(C)C)C(C(=O)Nc1ccc(OC)cc1)c1cccc(C)c1O. The van der Waals surface area contributed by atoms with E-state index in [4.69, 9.17) is 15.2 Å². The van der Waals surface area contributed by atoms with Crippen LogP contribution < -0.4 is 21.1 Å². The van der Waals surface area contributed by atoms with Crippen LogP contribution in [0.4, 0.5) is 10.5 Å². The second-order valence-corrected chi connectivity index (χ2v) is 10.7. The third kappa shape index (κ3) is 10.0. The number of para-hydroxylation sites is 1. The fourth-order valence-electron chi connectivity index (χ4n) is 4.19. The Kier molecular flexibility index (Phi) is 12.0. The van der Waals surface area contributed by atoms with E-state index in [0.717, 1.165) is 12.8 Å². The number of benzene rings is 2. The number of unbranched alkanes of at least 4 members (excludes halogenated alkanes) is 2. The molecule has 0 aliphatic rings. The standard InChI is InChI=1S/C30H42N4O7/c1-7-8-9-17-34(28(38)23(18-24(31)35)33-29(39)41-30(3,4)5)25(22-12-10-11-19(2)26(22)36)27(37)32-20-13-15-21(40-6)16-14-20/h10-16,23,25,36H,7-9,17-18H2,1-6H3,(H2,31,35)(H,32,37)(H,33,39). The van der Waals surface area contributed by atoms with Crippen molar-refractivity contribution in [1.82, 2.24) is 10.2 Å². The van der Waals surface area contributed by atoms with Gasteiger partial charge in [0, 0.05) is 17.8 Å². The Bertz CT molecular complexity index is 1210. The van der Waals surface area contributed by atoms with E-state index in [1.165, 1.54) is 12.0 Å². The van der Waals surface area contributed by atoms with Gasteiger partial charge < -0.3 is 35.8 Å². The van der Waals surface area contributed by atoms with E-state index in [-0.39, 0.29) is 17.9 Å². The van der Waals surface area contributed by atoms with Crippen molar-refractivity contribution in [3.05, 3.63) is 53.6 Å². The molecule has 0 aliphatic heterocycles. The van der Waals surface area contributed by atoms with E-state index in [1.807, 2.05) is 6.92 Å². The number of nitrogens with one attached hydrogen (secondary N) is 2. The van der Waals surface area contributed by atoms with Crippen molar-refractivity contribution in [2.75, 3.05) is 19.0 Å². The van der Waals surface area contributed by atoms with Crippen LogP contribution in [0.1, 0.15) is 70.5 Å². The monoisotopic (exact) mass is 570 g/mol. The van der Waals surface area contributed by atoms with Crippen LogP contribution in [0.2, 0.25) is 0 Å². The first kappa shape index (κ1) is 32.9. The summed E-state index contributed by atoms with van der Waals surface area (Å²) in [6, 6.07) is 8.83. The van der Waals surface area contributed by atoms with Gasteiger partial charge in [0.25, 0.3) is 5.91 Å². The smallest absolute Gasteiger partial charge is 0.408 e. The molecule has 11 heteroatoms. The number of nitrogens with zero attached hydrogens (tertiary/aromatic N) is 1. The van der Waals surface area contributed by atoms with Gasteiger partial charge in [-0.1, -0.05) is 38.0 Å². The molecule has 0 aliphatic carbocycles. The molecule has 0 fully saturated rings. The molecule has 0 spiro atoms. The fourth-order valence-corrected chi connectivity index (χ4v) is 4.19. The highest BCUT2D eigenvalue weighted by Crippen LogP contribution is 2.33. The summed E-state index contributed by atoms with van der Waals surface area (Å²) in [4.78, 5) is 53.9. The molecule has 0 heterocycles. The highest BCUT2D eigenvalue weighted by Gasteiger charge is 2.38. The number of methoxy groups -OCH3 is 1. The summed E-state index contributed by atoms with van der Waals surface area (Å²) >= 11 is 0. The van der Waals surface area contributed by atoms with E-state index >= 15 is 0 Å². The van der Waals surface area contributed by atoms with Crippen LogP contribution in [0.15, 0.2) is 42.5 Å². The third-order valence-electron chi connectivity index (χ3n) is 6.16. The summed E-state index contributed by atoms with van der Waals surface area (Å²) in [6.07, 6.45) is 0.673. The quantitative estimate of drug-likeness (QED) is 0.263. The van der Waals surface area contributed by atoms with E-state index in [2.05, 4.69) is 10.6 Å². The van der Waals surface area contributed by atoms with Gasteiger partial charge in [0.15, 0.2) is 0 Å². The van der Waals surface area contributed by atoms with E-state index in [1.54, 1.807) is 70.2 Å². The summed E-state index contributed by atoms with van der Waals surface area (Å²) < 4.78 is 10.5. The maximum atomic E-state index is 14.1. The third-order valence-corrected chi connectivity index (χ3v) is 6.16. The van der Waals surface area contributed by atoms with E-state index in [0.29, 0.717) is 23.4 Å². The Hall–Kier alpha value is -4.28. The van der Waals surface area contributed by atoms with Crippen LogP contribution >= 0.6 is 0 Å². The van der Waals surface area contributed by atoms with Crippen LogP contribution in [-0.4, -0.2) is 59.1 Å². The zero-order valence-corrected chi connectivity index (χ0v) is 24.7. The highest BCUT2D eigenvalue weighted by molar-refractivity contribution is 6.00. The molecule has 0 bridgehead atoms. The molecule has 41 heavy (non-hydrogen) atoms. The van der Waals surface area contributed by atoms with Crippen molar-refractivity contribution >= 4 is 29.5 Å². The zero-order valence-electron chi connectivity index (χ0n) is 24.7. The summed E-state index contributed by atoms with van der Waals surface area (Å²) in [5, 5.41) is 16.3. The van der Waals surface area contributed by atoms with Gasteiger partial charge in [-0.15, -0.1) is 0 Å². The lowest BCUT2D eigenvalue weighted by molar-refractivity contribution is -0.142. The molecule has 0 saturated heterocycles. The average Bonchev–Trinajstić information content (AvgIpc) is 2.88. The average molecular weight is 571 g/mol. The van der Waals surface area contributed by atoms with Crippen LogP contribution in [-0.2, 0) is 19.1 Å². The molecule has 2 rings (SSSR count). The number of nitrogens with two attached hydrogens (primary N) is 1. The maximum Gasteiger partial charge on any atom is 0.408 e. The summed E-state index contributed by atoms with van der Waals surface area (Å²) in [5.74, 6) is -1.71. The lowest BCUT2D eigenvalue weighted by Gasteiger charge is -2.34. The minimum Gasteiger partial charge on any atom is -0.507 e. The zero-order chi connectivity index (χ0) is 30.7. The Labute approximate surface area is 241 Å². The van der Waals surface area contributed by atoms with Crippen molar-refractivity contribution in [1.29, 1.82) is 0 Å². The first-order valence-electron chi connectivity index (χ1n) is 13.6. The number of alkyl carbamates (subject to hydrolysis) is 1. The molecule has 224 valence electrons. The molecule has 2 unspecified atom stereocenters. The first-order chi connectivity index (χ1) is 19.3. The number of carbonyl (C=O) groups is 4. The van der Waals surface area contributed by atoms with Crippen LogP contribution in [0.3, 0.4) is 0 Å². The van der Waals surface area contributed by atoms with Crippen molar-refractivity contribution < 1.29 is 33.8 Å². The van der Waals surface area contributed by atoms with E-state index in [9.17, 15) is 24.3 Å². The van der Waals surface area contributed by atoms with Gasteiger partial charge in [-0.05, 0) is 63.9 Å². The van der Waals surface area contributed by atoms with Crippen LogP contribution in [0.5, 0.6) is 11.5 Å². The largest absolute Gasteiger partial charge is 0.507 e. The molecule has 0 radical (unpaired) electrons. The number of primary amides is 1. The Morgan fingerprint density at radius 2 is 1.71 bits per heavy atom. The Balaban J connectivity index is 2.59. The molecule has 0 aromatic heterocycles. The molecule has 11 nitrogen and oxygen atoms in total. The number of aromatic hydroxyl groups is 1. The minimum absolute atomic E-state index is 0.103. The Morgan fingerprint density at radius 3 is 2.27 bits per heavy atom. The number of anilines is 1. The molecule has 2 atom stereocenters. The summed E-state index contributed by atoms with van der Waals surface area (Å²) in [6.45, 7) is 8.76. The normalized spacial score (nSPS) is 12.5. The molecule has 2 aromatic carbocycles. The number of aryl methyl sites for hydroxylation is 1. The number of carbonyl (C=O) groups excluding carboxylic acids is 4. The van der Waals surface area contributed by atoms with Gasteiger partial charge in [0.1, 0.15) is 29.2 Å². The van der Waals surface area contributed by atoms with E-state index < -0.39 is 47.9 Å². The topological polar surface area (TPSA) is 160 Å². The number of phenols is 1.